The number of nitrogens with one attached hydrogen (secondary N) is 1. The fourth-order valence-electron chi connectivity index (χ4n) is 3.37. The summed E-state index contributed by atoms with van der Waals surface area (Å²) in [6.45, 7) is 1.81. The quantitative estimate of drug-likeness (QED) is 0.538. The van der Waals surface area contributed by atoms with Gasteiger partial charge in [0.25, 0.3) is 0 Å². The van der Waals surface area contributed by atoms with E-state index in [1.54, 1.807) is 32.4 Å². The molecule has 1 fully saturated rings. The van der Waals surface area contributed by atoms with Crippen molar-refractivity contribution < 1.29 is 14.3 Å². The molecule has 9 heteroatoms. The van der Waals surface area contributed by atoms with E-state index in [0.717, 1.165) is 18.7 Å². The van der Waals surface area contributed by atoms with Gasteiger partial charge in [0, 0.05) is 12.0 Å². The molecule has 1 aliphatic carbocycles. The topological polar surface area (TPSA) is 104 Å². The Balaban J connectivity index is 1.67. The highest BCUT2D eigenvalue weighted by Gasteiger charge is 2.25. The highest BCUT2D eigenvalue weighted by molar-refractivity contribution is 8.00. The first-order valence-electron chi connectivity index (χ1n) is 9.43. The number of thioether (sulfide) groups is 1. The normalized spacial score (nSPS) is 15.8. The van der Waals surface area contributed by atoms with Crippen molar-refractivity contribution in [2.45, 2.75) is 55.4 Å². The molecule has 8 nitrogen and oxygen atoms in total. The monoisotopic (exact) mass is 405 g/mol. The largest absolute Gasteiger partial charge is 0.497 e. The number of anilines is 1. The predicted molar refractivity (Wildman–Crippen MR) is 109 cm³/mol. The summed E-state index contributed by atoms with van der Waals surface area (Å²) in [6.07, 6.45) is 5.83. The lowest BCUT2D eigenvalue weighted by molar-refractivity contribution is -0.115. The molecule has 1 amide bonds. The van der Waals surface area contributed by atoms with Crippen LogP contribution >= 0.6 is 11.8 Å². The minimum Gasteiger partial charge on any atom is -0.497 e. The van der Waals surface area contributed by atoms with E-state index in [-0.39, 0.29) is 5.91 Å². The first-order chi connectivity index (χ1) is 13.5. The summed E-state index contributed by atoms with van der Waals surface area (Å²) in [4.78, 5) is 12.7. The highest BCUT2D eigenvalue weighted by Crippen LogP contribution is 2.33. The summed E-state index contributed by atoms with van der Waals surface area (Å²) in [5.41, 5.74) is 0.552. The summed E-state index contributed by atoms with van der Waals surface area (Å²) in [5, 5.41) is 11.5. The van der Waals surface area contributed by atoms with Gasteiger partial charge in [-0.2, -0.15) is 0 Å². The lowest BCUT2D eigenvalue weighted by Crippen LogP contribution is -2.24. The molecule has 2 aromatic rings. The van der Waals surface area contributed by atoms with Crippen molar-refractivity contribution in [1.82, 2.24) is 14.9 Å². The fraction of sp³-hybridized carbons (Fsp3) is 0.526. The summed E-state index contributed by atoms with van der Waals surface area (Å²) in [5.74, 6) is 8.40. The van der Waals surface area contributed by atoms with Crippen LogP contribution < -0.4 is 20.6 Å². The van der Waals surface area contributed by atoms with Gasteiger partial charge in [-0.05, 0) is 31.9 Å². The van der Waals surface area contributed by atoms with Crippen LogP contribution in [0.4, 0.5) is 5.69 Å². The molecule has 1 heterocycles. The van der Waals surface area contributed by atoms with E-state index in [1.165, 1.54) is 35.7 Å². The minimum absolute atomic E-state index is 0.182. The van der Waals surface area contributed by atoms with E-state index in [1.807, 2.05) is 6.92 Å². The Morgan fingerprint density at radius 3 is 2.68 bits per heavy atom. The number of hydrogen-bond donors (Lipinski definition) is 2. The summed E-state index contributed by atoms with van der Waals surface area (Å²) >= 11 is 1.29. The Hall–Kier alpha value is -2.42. The average Bonchev–Trinajstić information content (AvgIpc) is 3.08. The zero-order valence-electron chi connectivity index (χ0n) is 16.5. The number of hydrogen-bond acceptors (Lipinski definition) is 7. The molecular formula is C19H27N5O3S. The van der Waals surface area contributed by atoms with Crippen LogP contribution in [-0.4, -0.2) is 40.3 Å². The Bertz CT molecular complexity index is 820. The Morgan fingerprint density at radius 2 is 2.00 bits per heavy atom. The van der Waals surface area contributed by atoms with Crippen molar-refractivity contribution in [3.05, 3.63) is 24.0 Å². The molecular weight excluding hydrogens is 378 g/mol. The lowest BCUT2D eigenvalue weighted by atomic mass is 9.89. The molecule has 3 N–H and O–H groups in total. The molecule has 28 heavy (non-hydrogen) atoms. The molecule has 1 atom stereocenters. The Kier molecular flexibility index (Phi) is 6.66. The molecule has 3 rings (SSSR count). The maximum atomic E-state index is 12.7. The van der Waals surface area contributed by atoms with Gasteiger partial charge < -0.3 is 20.6 Å². The van der Waals surface area contributed by atoms with Gasteiger partial charge in [-0.15, -0.1) is 10.2 Å². The summed E-state index contributed by atoms with van der Waals surface area (Å²) < 4.78 is 12.1. The second-order valence-electron chi connectivity index (χ2n) is 6.86. The molecule has 1 saturated carbocycles. The first-order valence-corrected chi connectivity index (χ1v) is 10.3. The zero-order valence-corrected chi connectivity index (χ0v) is 17.3. The van der Waals surface area contributed by atoms with Gasteiger partial charge in [0.15, 0.2) is 5.82 Å². The Morgan fingerprint density at radius 1 is 1.25 bits per heavy atom. The molecule has 0 aliphatic heterocycles. The molecule has 152 valence electrons. The third-order valence-electron chi connectivity index (χ3n) is 4.98. The highest BCUT2D eigenvalue weighted by atomic mass is 32.2. The van der Waals surface area contributed by atoms with Gasteiger partial charge in [0.1, 0.15) is 11.5 Å². The van der Waals surface area contributed by atoms with E-state index in [4.69, 9.17) is 15.3 Å². The SMILES string of the molecule is COc1ccc(OC)c(NC(=O)C(C)Sc2nnc(C3CCCCC3)n2N)c1. The second kappa shape index (κ2) is 9.18. The third kappa shape index (κ3) is 4.52. The van der Waals surface area contributed by atoms with E-state index >= 15 is 0 Å². The van der Waals surface area contributed by atoms with Crippen molar-refractivity contribution in [1.29, 1.82) is 0 Å². The van der Waals surface area contributed by atoms with Crippen LogP contribution in [0.1, 0.15) is 50.8 Å². The van der Waals surface area contributed by atoms with Crippen LogP contribution in [0, 0.1) is 0 Å². The van der Waals surface area contributed by atoms with Crippen molar-refractivity contribution >= 4 is 23.4 Å². The number of nitrogens with zero attached hydrogens (tertiary/aromatic N) is 3. The smallest absolute Gasteiger partial charge is 0.237 e. The van der Waals surface area contributed by atoms with Gasteiger partial charge in [-0.25, -0.2) is 4.68 Å². The number of amides is 1. The van der Waals surface area contributed by atoms with E-state index in [2.05, 4.69) is 15.5 Å². The molecule has 0 saturated heterocycles. The summed E-state index contributed by atoms with van der Waals surface area (Å²) in [6, 6.07) is 5.25. The van der Waals surface area contributed by atoms with Crippen LogP contribution in [0.25, 0.3) is 0 Å². The number of aromatic nitrogens is 3. The Labute approximate surface area is 169 Å². The molecule has 1 aromatic heterocycles. The van der Waals surface area contributed by atoms with Crippen molar-refractivity contribution in [3.63, 3.8) is 0 Å². The maximum absolute atomic E-state index is 12.7. The molecule has 0 radical (unpaired) electrons. The van der Waals surface area contributed by atoms with Crippen LogP contribution in [0.2, 0.25) is 0 Å². The maximum Gasteiger partial charge on any atom is 0.237 e. The number of ether oxygens (including phenoxy) is 2. The molecule has 0 bridgehead atoms. The summed E-state index contributed by atoms with van der Waals surface area (Å²) in [7, 11) is 3.13. The number of methoxy groups -OCH3 is 2. The number of rotatable bonds is 7. The number of carbonyl (C=O) groups is 1. The van der Waals surface area contributed by atoms with Crippen molar-refractivity contribution in [2.75, 3.05) is 25.4 Å². The minimum atomic E-state index is -0.415. The van der Waals surface area contributed by atoms with E-state index in [9.17, 15) is 4.79 Å². The van der Waals surface area contributed by atoms with E-state index < -0.39 is 5.25 Å². The standard InChI is InChI=1S/C19H27N5O3S/c1-12(18(25)21-15-11-14(26-2)9-10-16(15)27-3)28-19-23-22-17(24(19)20)13-7-5-4-6-8-13/h9-13H,4-8,20H2,1-3H3,(H,21,25). The van der Waals surface area contributed by atoms with Crippen LogP contribution in [0.15, 0.2) is 23.4 Å². The second-order valence-corrected chi connectivity index (χ2v) is 8.17. The van der Waals surface area contributed by atoms with Crippen LogP contribution in [-0.2, 0) is 4.79 Å². The number of nitrogen functional groups attached to an aromatic ring is 1. The zero-order chi connectivity index (χ0) is 20.1. The first kappa shape index (κ1) is 20.3. The number of carbonyl (C=O) groups excluding carboxylic acids is 1. The van der Waals surface area contributed by atoms with Crippen molar-refractivity contribution in [3.8, 4) is 11.5 Å². The molecule has 1 aromatic carbocycles. The molecule has 0 spiro atoms. The molecule has 1 aliphatic rings. The van der Waals surface area contributed by atoms with Gasteiger partial charge in [0.2, 0.25) is 11.1 Å². The van der Waals surface area contributed by atoms with Crippen LogP contribution in [0.3, 0.4) is 0 Å². The van der Waals surface area contributed by atoms with Gasteiger partial charge in [-0.3, -0.25) is 4.79 Å². The number of benzene rings is 1. The van der Waals surface area contributed by atoms with Crippen LogP contribution in [0.5, 0.6) is 11.5 Å². The van der Waals surface area contributed by atoms with Gasteiger partial charge >= 0.3 is 0 Å². The molecule has 1 unspecified atom stereocenters. The average molecular weight is 406 g/mol. The fourth-order valence-corrected chi connectivity index (χ4v) is 4.14. The lowest BCUT2D eigenvalue weighted by Gasteiger charge is -2.20. The van der Waals surface area contributed by atoms with Gasteiger partial charge in [0.05, 0.1) is 25.2 Å². The number of nitrogens with two attached hydrogens (primary N) is 1. The third-order valence-corrected chi connectivity index (χ3v) is 6.03. The predicted octanol–water partition coefficient (Wildman–Crippen LogP) is 3.18. The van der Waals surface area contributed by atoms with E-state index in [0.29, 0.717) is 28.3 Å². The van der Waals surface area contributed by atoms with Gasteiger partial charge in [-0.1, -0.05) is 31.0 Å². The van der Waals surface area contributed by atoms with Crippen molar-refractivity contribution in [2.24, 2.45) is 0 Å².